The van der Waals surface area contributed by atoms with Gasteiger partial charge < -0.3 is 9.47 Å². The minimum atomic E-state index is -0.831. The zero-order valence-corrected chi connectivity index (χ0v) is 19.3. The predicted molar refractivity (Wildman–Crippen MR) is 123 cm³/mol. The Kier molecular flexibility index (Phi) is 8.14. The summed E-state index contributed by atoms with van der Waals surface area (Å²) in [5, 5.41) is 0. The van der Waals surface area contributed by atoms with Gasteiger partial charge in [0.05, 0.1) is 5.71 Å². The van der Waals surface area contributed by atoms with Gasteiger partial charge in [-0.25, -0.2) is 4.79 Å². The van der Waals surface area contributed by atoms with Gasteiger partial charge >= 0.3 is 11.9 Å². The maximum absolute atomic E-state index is 13.0. The molecule has 0 aliphatic carbocycles. The van der Waals surface area contributed by atoms with Crippen molar-refractivity contribution in [3.63, 3.8) is 0 Å². The van der Waals surface area contributed by atoms with Gasteiger partial charge in [-0.1, -0.05) is 60.7 Å². The number of benzene rings is 2. The number of carbonyl (C=O) groups excluding carboxylic acids is 2. The number of esters is 2. The third kappa shape index (κ3) is 8.75. The SMILES string of the molecule is CC(C)(C)OC(=O)CC[C@@H](N=C(c1ccccc1)c1ccccc1)C(=O)OC(C)(C)C. The van der Waals surface area contributed by atoms with E-state index in [-0.39, 0.29) is 18.8 Å². The first-order valence-corrected chi connectivity index (χ1v) is 10.6. The van der Waals surface area contributed by atoms with Gasteiger partial charge in [-0.3, -0.25) is 9.79 Å². The van der Waals surface area contributed by atoms with E-state index < -0.39 is 23.2 Å². The highest BCUT2D eigenvalue weighted by Gasteiger charge is 2.27. The van der Waals surface area contributed by atoms with Crippen molar-refractivity contribution in [3.05, 3.63) is 71.8 Å². The van der Waals surface area contributed by atoms with E-state index in [0.29, 0.717) is 5.71 Å². The van der Waals surface area contributed by atoms with Crippen LogP contribution in [0.2, 0.25) is 0 Å². The van der Waals surface area contributed by atoms with Gasteiger partial charge in [0, 0.05) is 17.5 Å². The molecule has 166 valence electrons. The van der Waals surface area contributed by atoms with Crippen LogP contribution in [0.15, 0.2) is 65.7 Å². The van der Waals surface area contributed by atoms with Crippen LogP contribution in [0.1, 0.15) is 65.5 Å². The monoisotopic (exact) mass is 423 g/mol. The summed E-state index contributed by atoms with van der Waals surface area (Å²) in [6, 6.07) is 18.5. The minimum absolute atomic E-state index is 0.0710. The van der Waals surface area contributed by atoms with Gasteiger partial charge in [-0.2, -0.15) is 0 Å². The van der Waals surface area contributed by atoms with Crippen LogP contribution in [-0.4, -0.2) is 34.9 Å². The maximum atomic E-state index is 13.0. The second-order valence-corrected chi connectivity index (χ2v) is 9.38. The lowest BCUT2D eigenvalue weighted by Gasteiger charge is -2.24. The van der Waals surface area contributed by atoms with E-state index in [1.807, 2.05) is 102 Å². The molecule has 2 aromatic rings. The molecule has 0 amide bonds. The smallest absolute Gasteiger partial charge is 0.331 e. The van der Waals surface area contributed by atoms with Crippen molar-refractivity contribution in [1.82, 2.24) is 0 Å². The first-order valence-electron chi connectivity index (χ1n) is 10.6. The molecular weight excluding hydrogens is 390 g/mol. The number of carbonyl (C=O) groups is 2. The highest BCUT2D eigenvalue weighted by atomic mass is 16.6. The van der Waals surface area contributed by atoms with Crippen LogP contribution < -0.4 is 0 Å². The molecule has 0 unspecified atom stereocenters. The molecule has 0 bridgehead atoms. The molecule has 0 N–H and O–H groups in total. The number of aliphatic imine (C=N–C) groups is 1. The van der Waals surface area contributed by atoms with Crippen molar-refractivity contribution in [1.29, 1.82) is 0 Å². The first-order chi connectivity index (χ1) is 14.4. The van der Waals surface area contributed by atoms with E-state index in [1.54, 1.807) is 0 Å². The molecule has 0 aromatic heterocycles. The van der Waals surface area contributed by atoms with Crippen molar-refractivity contribution in [2.24, 2.45) is 4.99 Å². The van der Waals surface area contributed by atoms with E-state index in [4.69, 9.17) is 14.5 Å². The van der Waals surface area contributed by atoms with Crippen molar-refractivity contribution >= 4 is 17.7 Å². The molecule has 2 aromatic carbocycles. The summed E-state index contributed by atoms with van der Waals surface area (Å²) < 4.78 is 11.0. The number of hydrogen-bond acceptors (Lipinski definition) is 5. The number of hydrogen-bond donors (Lipinski definition) is 0. The summed E-state index contributed by atoms with van der Waals surface area (Å²) in [7, 11) is 0. The molecule has 2 rings (SSSR count). The fraction of sp³-hybridized carbons (Fsp3) is 0.423. The van der Waals surface area contributed by atoms with Crippen molar-refractivity contribution < 1.29 is 19.1 Å². The fourth-order valence-corrected chi connectivity index (χ4v) is 2.92. The van der Waals surface area contributed by atoms with Crippen LogP contribution in [0.5, 0.6) is 0 Å². The van der Waals surface area contributed by atoms with Gasteiger partial charge in [0.15, 0.2) is 0 Å². The van der Waals surface area contributed by atoms with Gasteiger partial charge in [0.2, 0.25) is 0 Å². The average Bonchev–Trinajstić information content (AvgIpc) is 2.66. The van der Waals surface area contributed by atoms with E-state index in [1.165, 1.54) is 0 Å². The standard InChI is InChI=1S/C26H33NO4/c1-25(2,3)30-22(28)18-17-21(24(29)31-26(4,5)6)27-23(19-13-9-7-10-14-19)20-15-11-8-12-16-20/h7-16,21H,17-18H2,1-6H3/t21-/m1/s1. The average molecular weight is 424 g/mol. The highest BCUT2D eigenvalue weighted by molar-refractivity contribution is 6.13. The van der Waals surface area contributed by atoms with Crippen LogP contribution in [0.25, 0.3) is 0 Å². The molecule has 1 atom stereocenters. The van der Waals surface area contributed by atoms with E-state index in [0.717, 1.165) is 11.1 Å². The van der Waals surface area contributed by atoms with Gasteiger partial charge in [-0.05, 0) is 48.0 Å². The van der Waals surface area contributed by atoms with Crippen LogP contribution >= 0.6 is 0 Å². The quantitative estimate of drug-likeness (QED) is 0.444. The third-order valence-electron chi connectivity index (χ3n) is 4.10. The lowest BCUT2D eigenvalue weighted by molar-refractivity contribution is -0.157. The van der Waals surface area contributed by atoms with Gasteiger partial charge in [-0.15, -0.1) is 0 Å². The Labute approximate surface area is 185 Å². The lowest BCUT2D eigenvalue weighted by Crippen LogP contribution is -2.32. The predicted octanol–water partition coefficient (Wildman–Crippen LogP) is 5.36. The highest BCUT2D eigenvalue weighted by Crippen LogP contribution is 2.19. The molecule has 0 aliphatic heterocycles. The first kappa shape index (κ1) is 24.3. The Morgan fingerprint density at radius 2 is 1.23 bits per heavy atom. The third-order valence-corrected chi connectivity index (χ3v) is 4.10. The van der Waals surface area contributed by atoms with Crippen LogP contribution in [0, 0.1) is 0 Å². The largest absolute Gasteiger partial charge is 0.460 e. The summed E-state index contributed by atoms with van der Waals surface area (Å²) in [5.41, 5.74) is 1.22. The molecule has 0 heterocycles. The van der Waals surface area contributed by atoms with Crippen molar-refractivity contribution in [2.75, 3.05) is 0 Å². The maximum Gasteiger partial charge on any atom is 0.331 e. The van der Waals surface area contributed by atoms with Crippen molar-refractivity contribution in [3.8, 4) is 0 Å². The van der Waals surface area contributed by atoms with E-state index in [2.05, 4.69) is 0 Å². The normalized spacial score (nSPS) is 12.6. The second kappa shape index (κ2) is 10.4. The minimum Gasteiger partial charge on any atom is -0.460 e. The summed E-state index contributed by atoms with van der Waals surface area (Å²) in [5.74, 6) is -0.822. The summed E-state index contributed by atoms with van der Waals surface area (Å²) in [4.78, 5) is 30.1. The summed E-state index contributed by atoms with van der Waals surface area (Å²) >= 11 is 0. The Balaban J connectivity index is 2.40. The Morgan fingerprint density at radius 1 is 0.774 bits per heavy atom. The number of rotatable bonds is 7. The molecule has 0 saturated carbocycles. The topological polar surface area (TPSA) is 65.0 Å². The molecule has 0 saturated heterocycles. The van der Waals surface area contributed by atoms with E-state index >= 15 is 0 Å². The Bertz CT molecular complexity index is 849. The molecule has 5 nitrogen and oxygen atoms in total. The lowest BCUT2D eigenvalue weighted by atomic mass is 10.0. The zero-order chi connectivity index (χ0) is 23.1. The molecule has 0 fully saturated rings. The van der Waals surface area contributed by atoms with Gasteiger partial charge in [0.25, 0.3) is 0 Å². The van der Waals surface area contributed by atoms with Gasteiger partial charge in [0.1, 0.15) is 17.2 Å². The molecule has 5 heteroatoms. The van der Waals surface area contributed by atoms with Crippen molar-refractivity contribution in [2.45, 2.75) is 71.6 Å². The number of nitrogens with zero attached hydrogens (tertiary/aromatic N) is 1. The fourth-order valence-electron chi connectivity index (χ4n) is 2.92. The molecule has 0 spiro atoms. The zero-order valence-electron chi connectivity index (χ0n) is 19.3. The molecule has 31 heavy (non-hydrogen) atoms. The van der Waals surface area contributed by atoms with Crippen LogP contribution in [-0.2, 0) is 19.1 Å². The second-order valence-electron chi connectivity index (χ2n) is 9.38. The summed E-state index contributed by atoms with van der Waals surface area (Å²) in [6.07, 6.45) is 0.272. The van der Waals surface area contributed by atoms with Crippen LogP contribution in [0.4, 0.5) is 0 Å². The number of ether oxygens (including phenoxy) is 2. The molecule has 0 aliphatic rings. The Hall–Kier alpha value is -2.95. The molecule has 0 radical (unpaired) electrons. The Morgan fingerprint density at radius 3 is 1.65 bits per heavy atom. The molecular formula is C26H33NO4. The summed E-state index contributed by atoms with van der Waals surface area (Å²) in [6.45, 7) is 10.9. The van der Waals surface area contributed by atoms with E-state index in [9.17, 15) is 9.59 Å². The van der Waals surface area contributed by atoms with Crippen LogP contribution in [0.3, 0.4) is 0 Å².